The fourth-order valence-corrected chi connectivity index (χ4v) is 4.88. The molecule has 3 aromatic carbocycles. The summed E-state index contributed by atoms with van der Waals surface area (Å²) in [6, 6.07) is 18.1. The third-order valence-electron chi connectivity index (χ3n) is 6.09. The second-order valence-corrected chi connectivity index (χ2v) is 7.64. The summed E-state index contributed by atoms with van der Waals surface area (Å²) in [5.74, 6) is 1.00. The predicted molar refractivity (Wildman–Crippen MR) is 115 cm³/mol. The summed E-state index contributed by atoms with van der Waals surface area (Å²) in [7, 11) is 0. The molecule has 2 aliphatic rings. The maximum atomic E-state index is 11.9. The van der Waals surface area contributed by atoms with Crippen molar-refractivity contribution in [2.45, 2.75) is 25.3 Å². The van der Waals surface area contributed by atoms with Crippen molar-refractivity contribution >= 4 is 22.1 Å². The van der Waals surface area contributed by atoms with Crippen molar-refractivity contribution in [1.29, 1.82) is 0 Å². The fraction of sp³-hybridized carbons (Fsp3) is 0.250. The molecule has 29 heavy (non-hydrogen) atoms. The molecule has 5 heteroatoms. The van der Waals surface area contributed by atoms with Crippen LogP contribution in [0, 0.1) is 16.0 Å². The molecule has 1 heterocycles. The first kappa shape index (κ1) is 17.7. The summed E-state index contributed by atoms with van der Waals surface area (Å²) in [6.45, 7) is 2.37. The van der Waals surface area contributed by atoms with E-state index in [9.17, 15) is 10.1 Å². The summed E-state index contributed by atoms with van der Waals surface area (Å²) in [5.41, 5.74) is 2.84. The molecule has 0 spiro atoms. The Balaban J connectivity index is 1.69. The molecule has 0 unspecified atom stereocenters. The third kappa shape index (κ3) is 2.85. The average Bonchev–Trinajstić information content (AvgIpc) is 3.23. The van der Waals surface area contributed by atoms with Gasteiger partial charge in [0.1, 0.15) is 11.4 Å². The third-order valence-corrected chi connectivity index (χ3v) is 6.09. The van der Waals surface area contributed by atoms with E-state index in [0.29, 0.717) is 24.0 Å². The number of anilines is 1. The lowest BCUT2D eigenvalue weighted by Gasteiger charge is -2.37. The fourth-order valence-electron chi connectivity index (χ4n) is 4.88. The van der Waals surface area contributed by atoms with Gasteiger partial charge in [-0.15, -0.1) is 0 Å². The Morgan fingerprint density at radius 3 is 2.79 bits per heavy atom. The summed E-state index contributed by atoms with van der Waals surface area (Å²) < 4.78 is 5.62. The Hall–Kier alpha value is -3.34. The first-order chi connectivity index (χ1) is 14.2. The molecular formula is C24H22N2O3. The van der Waals surface area contributed by atoms with Gasteiger partial charge >= 0.3 is 0 Å². The van der Waals surface area contributed by atoms with E-state index in [4.69, 9.17) is 4.74 Å². The van der Waals surface area contributed by atoms with E-state index in [2.05, 4.69) is 47.8 Å². The van der Waals surface area contributed by atoms with Crippen LogP contribution in [0.15, 0.2) is 66.7 Å². The SMILES string of the molecule is CCOc1cc2c(c([N+](=O)[O-])c1)N[C@H](c1cccc3ccccc13)[C@H]1CC=C[C@@H]21. The van der Waals surface area contributed by atoms with E-state index < -0.39 is 0 Å². The van der Waals surface area contributed by atoms with E-state index in [1.54, 1.807) is 0 Å². The molecule has 1 aliphatic heterocycles. The number of allylic oxidation sites excluding steroid dienone is 2. The lowest BCUT2D eigenvalue weighted by Crippen LogP contribution is -2.29. The maximum Gasteiger partial charge on any atom is 0.296 e. The van der Waals surface area contributed by atoms with E-state index in [1.807, 2.05) is 25.1 Å². The van der Waals surface area contributed by atoms with Crippen molar-refractivity contribution in [3.63, 3.8) is 0 Å². The van der Waals surface area contributed by atoms with Gasteiger partial charge in [0, 0.05) is 5.92 Å². The minimum atomic E-state index is -0.312. The molecule has 0 amide bonds. The first-order valence-corrected chi connectivity index (χ1v) is 10.0. The minimum absolute atomic E-state index is 0.00486. The van der Waals surface area contributed by atoms with Crippen molar-refractivity contribution in [1.82, 2.24) is 0 Å². The van der Waals surface area contributed by atoms with Gasteiger partial charge in [0.05, 0.1) is 23.6 Å². The van der Waals surface area contributed by atoms with Crippen LogP contribution < -0.4 is 10.1 Å². The predicted octanol–water partition coefficient (Wildman–Crippen LogP) is 5.97. The Labute approximate surface area is 169 Å². The standard InChI is InChI=1S/C24H22N2O3/c1-2-29-16-13-21-18-10-6-12-20(18)23(25-24(21)22(14-16)26(27)28)19-11-5-8-15-7-3-4-9-17(15)19/h3-11,13-14,18,20,23,25H,2,12H2,1H3/t18-,20+,23-/m1/s1. The van der Waals surface area contributed by atoms with Crippen molar-refractivity contribution in [3.8, 4) is 5.75 Å². The molecule has 0 saturated carbocycles. The number of benzene rings is 3. The van der Waals surface area contributed by atoms with Gasteiger partial charge in [0.2, 0.25) is 0 Å². The zero-order valence-electron chi connectivity index (χ0n) is 16.2. The smallest absolute Gasteiger partial charge is 0.296 e. The van der Waals surface area contributed by atoms with E-state index in [0.717, 1.165) is 12.0 Å². The monoisotopic (exact) mass is 386 g/mol. The Morgan fingerprint density at radius 1 is 1.14 bits per heavy atom. The molecule has 0 radical (unpaired) electrons. The maximum absolute atomic E-state index is 11.9. The Kier molecular flexibility index (Phi) is 4.23. The van der Waals surface area contributed by atoms with E-state index in [-0.39, 0.29) is 22.6 Å². The normalized spacial score (nSPS) is 22.0. The minimum Gasteiger partial charge on any atom is -0.494 e. The summed E-state index contributed by atoms with van der Waals surface area (Å²) >= 11 is 0. The second kappa shape index (κ2) is 6.92. The molecule has 0 saturated heterocycles. The molecular weight excluding hydrogens is 364 g/mol. The van der Waals surface area contributed by atoms with Crippen LogP contribution in [-0.2, 0) is 0 Å². The second-order valence-electron chi connectivity index (χ2n) is 7.64. The number of nitro benzene ring substituents is 1. The highest BCUT2D eigenvalue weighted by Gasteiger charge is 2.41. The molecule has 1 N–H and O–H groups in total. The van der Waals surface area contributed by atoms with Crippen molar-refractivity contribution in [2.24, 2.45) is 5.92 Å². The van der Waals surface area contributed by atoms with Gasteiger partial charge in [0.25, 0.3) is 5.69 Å². The number of rotatable bonds is 4. The molecule has 5 rings (SSSR count). The molecule has 146 valence electrons. The number of ether oxygens (including phenoxy) is 1. The molecule has 3 atom stereocenters. The van der Waals surface area contributed by atoms with Crippen molar-refractivity contribution in [3.05, 3.63) is 88.0 Å². The van der Waals surface area contributed by atoms with Gasteiger partial charge in [-0.3, -0.25) is 10.1 Å². The number of nitrogens with zero attached hydrogens (tertiary/aromatic N) is 1. The zero-order valence-corrected chi connectivity index (χ0v) is 16.2. The number of nitro groups is 1. The van der Waals surface area contributed by atoms with Gasteiger partial charge in [-0.1, -0.05) is 54.6 Å². The van der Waals surface area contributed by atoms with E-state index in [1.165, 1.54) is 22.4 Å². The van der Waals surface area contributed by atoms with Crippen LogP contribution in [0.5, 0.6) is 5.75 Å². The van der Waals surface area contributed by atoms with Gasteiger partial charge < -0.3 is 10.1 Å². The van der Waals surface area contributed by atoms with Gasteiger partial charge in [0.15, 0.2) is 0 Å². The zero-order chi connectivity index (χ0) is 20.0. The molecule has 1 aliphatic carbocycles. The van der Waals surface area contributed by atoms with Crippen LogP contribution >= 0.6 is 0 Å². The molecule has 5 nitrogen and oxygen atoms in total. The number of hydrogen-bond donors (Lipinski definition) is 1. The number of nitrogens with one attached hydrogen (secondary N) is 1. The summed E-state index contributed by atoms with van der Waals surface area (Å²) in [6.07, 6.45) is 5.34. The lowest BCUT2D eigenvalue weighted by atomic mass is 9.76. The van der Waals surface area contributed by atoms with Crippen LogP contribution in [-0.4, -0.2) is 11.5 Å². The van der Waals surface area contributed by atoms with Crippen molar-refractivity contribution < 1.29 is 9.66 Å². The van der Waals surface area contributed by atoms with Crippen LogP contribution in [0.25, 0.3) is 10.8 Å². The topological polar surface area (TPSA) is 64.4 Å². The molecule has 0 bridgehead atoms. The van der Waals surface area contributed by atoms with Gasteiger partial charge in [-0.25, -0.2) is 0 Å². The highest BCUT2D eigenvalue weighted by molar-refractivity contribution is 5.87. The average molecular weight is 386 g/mol. The summed E-state index contributed by atoms with van der Waals surface area (Å²) in [5, 5.41) is 17.8. The Morgan fingerprint density at radius 2 is 1.97 bits per heavy atom. The van der Waals surface area contributed by atoms with Crippen LogP contribution in [0.1, 0.15) is 36.4 Å². The summed E-state index contributed by atoms with van der Waals surface area (Å²) in [4.78, 5) is 11.6. The molecule has 0 aromatic heterocycles. The highest BCUT2D eigenvalue weighted by atomic mass is 16.6. The first-order valence-electron chi connectivity index (χ1n) is 10.0. The Bertz CT molecular complexity index is 1130. The van der Waals surface area contributed by atoms with Gasteiger partial charge in [-0.2, -0.15) is 0 Å². The number of hydrogen-bond acceptors (Lipinski definition) is 4. The molecule has 0 fully saturated rings. The van der Waals surface area contributed by atoms with Crippen LogP contribution in [0.4, 0.5) is 11.4 Å². The molecule has 3 aromatic rings. The highest BCUT2D eigenvalue weighted by Crippen LogP contribution is 2.53. The quantitative estimate of drug-likeness (QED) is 0.341. The van der Waals surface area contributed by atoms with Crippen LogP contribution in [0.3, 0.4) is 0 Å². The van der Waals surface area contributed by atoms with E-state index >= 15 is 0 Å². The number of fused-ring (bicyclic) bond motifs is 4. The largest absolute Gasteiger partial charge is 0.494 e. The van der Waals surface area contributed by atoms with Crippen molar-refractivity contribution in [2.75, 3.05) is 11.9 Å². The van der Waals surface area contributed by atoms with Gasteiger partial charge in [-0.05, 0) is 47.2 Å². The lowest BCUT2D eigenvalue weighted by molar-refractivity contribution is -0.384. The van der Waals surface area contributed by atoms with Crippen LogP contribution in [0.2, 0.25) is 0 Å².